The second-order valence-corrected chi connectivity index (χ2v) is 13.9. The Balaban J connectivity index is 1.38. The van der Waals surface area contributed by atoms with Crippen LogP contribution in [0.15, 0.2) is 59.0 Å². The summed E-state index contributed by atoms with van der Waals surface area (Å²) in [6, 6.07) is 23.1. The molecule has 228 valence electrons. The predicted octanol–water partition coefficient (Wildman–Crippen LogP) is 11.2. The van der Waals surface area contributed by atoms with Gasteiger partial charge in [0.05, 0.1) is 11.6 Å². The molecule has 0 amide bonds. The fraction of sp³-hybridized carbons (Fsp3) is 0.488. The van der Waals surface area contributed by atoms with Gasteiger partial charge in [-0.15, -0.1) is 0 Å². The summed E-state index contributed by atoms with van der Waals surface area (Å²) in [6.07, 6.45) is 13.5. The highest BCUT2D eigenvalue weighted by Gasteiger charge is 2.34. The van der Waals surface area contributed by atoms with Crippen LogP contribution in [0.3, 0.4) is 0 Å². The number of nitriles is 1. The summed E-state index contributed by atoms with van der Waals surface area (Å²) in [7, 11) is 0. The lowest BCUT2D eigenvalue weighted by molar-refractivity contribution is 0.157. The van der Waals surface area contributed by atoms with Gasteiger partial charge >= 0.3 is 0 Å². The first kappa shape index (κ1) is 29.4. The van der Waals surface area contributed by atoms with Gasteiger partial charge in [0.1, 0.15) is 11.3 Å². The molecule has 1 unspecified atom stereocenters. The zero-order valence-corrected chi connectivity index (χ0v) is 27.0. The number of allylic oxidation sites excluding steroid dienone is 2. The average molecular weight is 585 g/mol. The molecule has 44 heavy (non-hydrogen) atoms. The fourth-order valence-electron chi connectivity index (χ4n) is 8.26. The summed E-state index contributed by atoms with van der Waals surface area (Å²) in [5.41, 5.74) is 9.10. The Morgan fingerprint density at radius 3 is 2.30 bits per heavy atom. The van der Waals surface area contributed by atoms with Crippen LogP contribution in [0.25, 0.3) is 32.9 Å². The zero-order valence-electron chi connectivity index (χ0n) is 27.0. The van der Waals surface area contributed by atoms with E-state index in [9.17, 15) is 5.26 Å². The van der Waals surface area contributed by atoms with E-state index in [2.05, 4.69) is 80.3 Å². The average Bonchev–Trinajstić information content (AvgIpc) is 3.37. The van der Waals surface area contributed by atoms with Crippen molar-refractivity contribution in [2.24, 2.45) is 5.92 Å². The number of piperidine rings is 1. The number of furan rings is 1. The molecule has 3 nitrogen and oxygen atoms in total. The Kier molecular flexibility index (Phi) is 8.39. The van der Waals surface area contributed by atoms with Crippen molar-refractivity contribution in [2.75, 3.05) is 13.1 Å². The number of rotatable bonds is 9. The van der Waals surface area contributed by atoms with E-state index < -0.39 is 0 Å². The Bertz CT molecular complexity index is 1720. The van der Waals surface area contributed by atoms with Crippen molar-refractivity contribution in [1.29, 1.82) is 5.26 Å². The van der Waals surface area contributed by atoms with Crippen LogP contribution in [-0.4, -0.2) is 24.0 Å². The molecule has 0 N–H and O–H groups in total. The first-order valence-corrected chi connectivity index (χ1v) is 17.6. The van der Waals surface area contributed by atoms with E-state index in [1.54, 1.807) is 5.56 Å². The van der Waals surface area contributed by atoms with Gasteiger partial charge in [-0.05, 0) is 129 Å². The van der Waals surface area contributed by atoms with Gasteiger partial charge in [0.15, 0.2) is 0 Å². The normalized spacial score (nSPS) is 19.9. The van der Waals surface area contributed by atoms with Crippen LogP contribution in [0.1, 0.15) is 131 Å². The van der Waals surface area contributed by atoms with E-state index in [-0.39, 0.29) is 0 Å². The van der Waals surface area contributed by atoms with E-state index in [1.807, 2.05) is 6.07 Å². The third-order valence-corrected chi connectivity index (χ3v) is 11.4. The highest BCUT2D eigenvalue weighted by atomic mass is 16.3. The molecule has 3 aromatic carbocycles. The number of hydrogen-bond acceptors (Lipinski definition) is 3. The number of fused-ring (bicyclic) bond motifs is 2. The molecule has 7 rings (SSSR count). The quantitative estimate of drug-likeness (QED) is 0.184. The van der Waals surface area contributed by atoms with Crippen molar-refractivity contribution < 1.29 is 4.42 Å². The smallest absolute Gasteiger partial charge is 0.134 e. The molecule has 4 aromatic rings. The van der Waals surface area contributed by atoms with Crippen LogP contribution in [0, 0.1) is 17.2 Å². The van der Waals surface area contributed by atoms with Crippen molar-refractivity contribution in [2.45, 2.75) is 109 Å². The van der Waals surface area contributed by atoms with Gasteiger partial charge in [-0.3, -0.25) is 0 Å². The van der Waals surface area contributed by atoms with Crippen LogP contribution in [0.5, 0.6) is 0 Å². The molecule has 3 aliphatic rings. The predicted molar refractivity (Wildman–Crippen MR) is 184 cm³/mol. The molecular weight excluding hydrogens is 536 g/mol. The van der Waals surface area contributed by atoms with Crippen molar-refractivity contribution in [3.63, 3.8) is 0 Å². The number of nitrogens with zero attached hydrogens (tertiary/aromatic N) is 2. The van der Waals surface area contributed by atoms with Gasteiger partial charge in [0.25, 0.3) is 0 Å². The molecule has 1 atom stereocenters. The van der Waals surface area contributed by atoms with E-state index in [4.69, 9.17) is 4.42 Å². The van der Waals surface area contributed by atoms with Gasteiger partial charge in [-0.2, -0.15) is 5.26 Å². The summed E-state index contributed by atoms with van der Waals surface area (Å²) in [4.78, 5) is 2.70. The minimum absolute atomic E-state index is 0.572. The van der Waals surface area contributed by atoms with Crippen molar-refractivity contribution in [3.8, 4) is 6.07 Å². The molecule has 1 aliphatic heterocycles. The summed E-state index contributed by atoms with van der Waals surface area (Å²) in [5, 5.41) is 13.5. The Hall–Kier alpha value is -3.35. The van der Waals surface area contributed by atoms with Crippen LogP contribution in [-0.2, 0) is 0 Å². The lowest BCUT2D eigenvalue weighted by Crippen LogP contribution is -2.39. The summed E-state index contributed by atoms with van der Waals surface area (Å²) < 4.78 is 6.79. The minimum Gasteiger partial charge on any atom is -0.460 e. The number of benzene rings is 3. The molecule has 1 saturated heterocycles. The Labute approximate surface area is 263 Å². The summed E-state index contributed by atoms with van der Waals surface area (Å²) >= 11 is 0. The lowest BCUT2D eigenvalue weighted by atomic mass is 9.72. The molecule has 0 radical (unpaired) electrons. The maximum absolute atomic E-state index is 9.88. The molecule has 1 aromatic heterocycles. The molecular formula is C41H48N2O. The van der Waals surface area contributed by atoms with Crippen molar-refractivity contribution in [1.82, 2.24) is 4.90 Å². The second-order valence-electron chi connectivity index (χ2n) is 13.9. The molecule has 0 bridgehead atoms. The van der Waals surface area contributed by atoms with E-state index in [1.165, 1.54) is 110 Å². The molecule has 2 aliphatic carbocycles. The molecule has 3 heteroatoms. The third-order valence-electron chi connectivity index (χ3n) is 11.4. The van der Waals surface area contributed by atoms with Crippen LogP contribution >= 0.6 is 0 Å². The summed E-state index contributed by atoms with van der Waals surface area (Å²) in [6.45, 7) is 9.40. The zero-order chi connectivity index (χ0) is 30.2. The Morgan fingerprint density at radius 2 is 1.64 bits per heavy atom. The summed E-state index contributed by atoms with van der Waals surface area (Å²) in [5.74, 6) is 3.05. The van der Waals surface area contributed by atoms with Gasteiger partial charge < -0.3 is 9.32 Å². The van der Waals surface area contributed by atoms with Crippen LogP contribution in [0.4, 0.5) is 0 Å². The Morgan fingerprint density at radius 1 is 0.886 bits per heavy atom. The second kappa shape index (κ2) is 12.6. The maximum atomic E-state index is 9.88. The van der Waals surface area contributed by atoms with Gasteiger partial charge in [-0.1, -0.05) is 69.5 Å². The maximum Gasteiger partial charge on any atom is 0.134 e. The van der Waals surface area contributed by atoms with Crippen molar-refractivity contribution >= 4 is 32.9 Å². The third kappa shape index (κ3) is 5.20. The molecule has 2 saturated carbocycles. The highest BCUT2D eigenvalue weighted by molar-refractivity contribution is 6.04. The highest BCUT2D eigenvalue weighted by Crippen LogP contribution is 2.49. The SMILES string of the molecule is CCCC(=C(c1cccc2c(C#N)cccc12)C1CCC1)c1ccc2oc(C3CCC3)c(C3CCN(C(C)CC)CC3)c2c1. The van der Waals surface area contributed by atoms with Crippen molar-refractivity contribution in [3.05, 3.63) is 82.6 Å². The molecule has 3 fully saturated rings. The minimum atomic E-state index is 0.572. The first-order chi connectivity index (χ1) is 21.6. The van der Waals surface area contributed by atoms with Gasteiger partial charge in [0.2, 0.25) is 0 Å². The van der Waals surface area contributed by atoms with E-state index in [0.29, 0.717) is 23.8 Å². The standard InChI is InChI=1S/C41H48N2O/c1-4-10-34(39(28-11-6-12-28)36-18-9-16-33-32(26-42)15-8-17-35(33)36)31-19-20-38-37(25-31)40(41(44-38)30-13-7-14-30)29-21-23-43(24-22-29)27(3)5-2/h8-9,15-20,25,27-30H,4-7,10-14,21-24H2,1-3H3. The van der Waals surface area contributed by atoms with Crippen LogP contribution < -0.4 is 0 Å². The number of hydrogen-bond donors (Lipinski definition) is 0. The van der Waals surface area contributed by atoms with Gasteiger partial charge in [0, 0.05) is 28.3 Å². The molecule has 2 heterocycles. The molecule has 0 spiro atoms. The number of likely N-dealkylation sites (tertiary alicyclic amines) is 1. The van der Waals surface area contributed by atoms with E-state index in [0.717, 1.165) is 29.4 Å². The monoisotopic (exact) mass is 584 g/mol. The topological polar surface area (TPSA) is 40.2 Å². The fourth-order valence-corrected chi connectivity index (χ4v) is 8.26. The lowest BCUT2D eigenvalue weighted by Gasteiger charge is -2.36. The first-order valence-electron chi connectivity index (χ1n) is 17.6. The van der Waals surface area contributed by atoms with Crippen LogP contribution in [0.2, 0.25) is 0 Å². The van der Waals surface area contributed by atoms with E-state index >= 15 is 0 Å². The van der Waals surface area contributed by atoms with Gasteiger partial charge in [-0.25, -0.2) is 0 Å². The largest absolute Gasteiger partial charge is 0.460 e.